The summed E-state index contributed by atoms with van der Waals surface area (Å²) < 4.78 is 13.9. The van der Waals surface area contributed by atoms with E-state index in [2.05, 4.69) is 26.2 Å². The van der Waals surface area contributed by atoms with Crippen LogP contribution < -0.4 is 10.2 Å². The number of amides is 1. The molecule has 18 heavy (non-hydrogen) atoms. The van der Waals surface area contributed by atoms with Gasteiger partial charge in [-0.2, -0.15) is 0 Å². The van der Waals surface area contributed by atoms with Crippen molar-refractivity contribution in [2.75, 3.05) is 18.5 Å². The zero-order valence-electron chi connectivity index (χ0n) is 10.3. The fraction of sp³-hybridized carbons (Fsp3) is 0.500. The van der Waals surface area contributed by atoms with Gasteiger partial charge in [-0.1, -0.05) is 15.9 Å². The van der Waals surface area contributed by atoms with E-state index in [-0.39, 0.29) is 18.9 Å². The van der Waals surface area contributed by atoms with Crippen LogP contribution in [0.2, 0.25) is 0 Å². The number of halogens is 2. The summed E-state index contributed by atoms with van der Waals surface area (Å²) >= 11 is 3.37. The highest BCUT2D eigenvalue weighted by atomic mass is 79.9. The van der Waals surface area contributed by atoms with E-state index in [4.69, 9.17) is 0 Å². The van der Waals surface area contributed by atoms with Crippen LogP contribution in [0, 0.1) is 6.92 Å². The van der Waals surface area contributed by atoms with Gasteiger partial charge in [0.05, 0.1) is 6.04 Å². The third kappa shape index (κ3) is 2.87. The SMILES string of the molecule is Cc1cc(Br)cc(N(C)C(=O)[C@@H]2C[C@@H](F)CN2)n1. The Morgan fingerprint density at radius 2 is 2.33 bits per heavy atom. The number of aromatic nitrogens is 1. The van der Waals surface area contributed by atoms with Gasteiger partial charge >= 0.3 is 0 Å². The predicted octanol–water partition coefficient (Wildman–Crippen LogP) is 1.82. The molecule has 0 bridgehead atoms. The van der Waals surface area contributed by atoms with Crippen LogP contribution >= 0.6 is 15.9 Å². The number of hydrogen-bond acceptors (Lipinski definition) is 3. The number of carbonyl (C=O) groups excluding carboxylic acids is 1. The smallest absolute Gasteiger partial charge is 0.245 e. The van der Waals surface area contributed by atoms with Crippen molar-refractivity contribution in [3.8, 4) is 0 Å². The summed E-state index contributed by atoms with van der Waals surface area (Å²) in [7, 11) is 1.66. The molecule has 0 aromatic carbocycles. The van der Waals surface area contributed by atoms with Gasteiger partial charge < -0.3 is 5.32 Å². The first-order chi connectivity index (χ1) is 8.47. The summed E-state index contributed by atoms with van der Waals surface area (Å²) in [6.07, 6.45) is -0.708. The molecule has 2 atom stereocenters. The van der Waals surface area contributed by atoms with Crippen molar-refractivity contribution < 1.29 is 9.18 Å². The fourth-order valence-electron chi connectivity index (χ4n) is 2.01. The van der Waals surface area contributed by atoms with E-state index in [1.165, 1.54) is 4.90 Å². The quantitative estimate of drug-likeness (QED) is 0.905. The van der Waals surface area contributed by atoms with Crippen molar-refractivity contribution in [2.45, 2.75) is 25.6 Å². The normalized spacial score (nSPS) is 23.1. The van der Waals surface area contributed by atoms with Gasteiger partial charge in [-0.25, -0.2) is 9.37 Å². The summed E-state index contributed by atoms with van der Waals surface area (Å²) in [5, 5.41) is 2.88. The van der Waals surface area contributed by atoms with Crippen molar-refractivity contribution in [1.82, 2.24) is 10.3 Å². The second-order valence-electron chi connectivity index (χ2n) is 4.48. The number of alkyl halides is 1. The number of nitrogens with one attached hydrogen (secondary N) is 1. The molecule has 1 aliphatic heterocycles. The van der Waals surface area contributed by atoms with Gasteiger partial charge in [0.25, 0.3) is 0 Å². The highest BCUT2D eigenvalue weighted by Crippen LogP contribution is 2.20. The number of pyridine rings is 1. The van der Waals surface area contributed by atoms with Crippen molar-refractivity contribution >= 4 is 27.7 Å². The third-order valence-electron chi connectivity index (χ3n) is 2.95. The Morgan fingerprint density at radius 1 is 1.61 bits per heavy atom. The van der Waals surface area contributed by atoms with Crippen LogP contribution in [0.4, 0.5) is 10.2 Å². The molecule has 1 aromatic rings. The highest BCUT2D eigenvalue weighted by molar-refractivity contribution is 9.10. The van der Waals surface area contributed by atoms with Gasteiger partial charge in [-0.3, -0.25) is 9.69 Å². The van der Waals surface area contributed by atoms with E-state index in [0.717, 1.165) is 10.2 Å². The maximum Gasteiger partial charge on any atom is 0.245 e. The molecule has 1 aromatic heterocycles. The van der Waals surface area contributed by atoms with Gasteiger partial charge in [0.1, 0.15) is 12.0 Å². The average Bonchev–Trinajstić information content (AvgIpc) is 2.72. The Labute approximate surface area is 114 Å². The predicted molar refractivity (Wildman–Crippen MR) is 71.4 cm³/mol. The second-order valence-corrected chi connectivity index (χ2v) is 5.39. The van der Waals surface area contributed by atoms with Crippen LogP contribution in [0.3, 0.4) is 0 Å². The number of hydrogen-bond donors (Lipinski definition) is 1. The van der Waals surface area contributed by atoms with Gasteiger partial charge in [-0.15, -0.1) is 0 Å². The van der Waals surface area contributed by atoms with Crippen LogP contribution in [0.1, 0.15) is 12.1 Å². The molecule has 1 N–H and O–H groups in total. The minimum absolute atomic E-state index is 0.153. The van der Waals surface area contributed by atoms with Crippen LogP contribution in [0.25, 0.3) is 0 Å². The summed E-state index contributed by atoms with van der Waals surface area (Å²) in [5.74, 6) is 0.413. The van der Waals surface area contributed by atoms with E-state index in [0.29, 0.717) is 5.82 Å². The lowest BCUT2D eigenvalue weighted by Crippen LogP contribution is -2.42. The largest absolute Gasteiger partial charge is 0.303 e. The molecule has 1 aliphatic rings. The molecule has 0 aliphatic carbocycles. The molecule has 0 saturated carbocycles. The Hall–Kier alpha value is -1.01. The lowest BCUT2D eigenvalue weighted by molar-refractivity contribution is -0.120. The van der Waals surface area contributed by atoms with Crippen LogP contribution in [0.5, 0.6) is 0 Å². The standard InChI is InChI=1S/C12H15BrFN3O/c1-7-3-8(13)4-11(16-7)17(2)12(18)10-5-9(14)6-15-10/h3-4,9-10,15H,5-6H2,1-2H3/t9-,10+/m1/s1. The minimum Gasteiger partial charge on any atom is -0.303 e. The summed E-state index contributed by atoms with van der Waals surface area (Å²) in [6.45, 7) is 2.10. The van der Waals surface area contributed by atoms with Crippen molar-refractivity contribution in [3.63, 3.8) is 0 Å². The molecule has 2 rings (SSSR count). The number of aryl methyl sites for hydroxylation is 1. The van der Waals surface area contributed by atoms with Crippen molar-refractivity contribution in [3.05, 3.63) is 22.3 Å². The number of anilines is 1. The molecule has 1 saturated heterocycles. The Balaban J connectivity index is 2.15. The number of nitrogens with zero attached hydrogens (tertiary/aromatic N) is 2. The van der Waals surface area contributed by atoms with Crippen LogP contribution in [-0.4, -0.2) is 36.7 Å². The van der Waals surface area contributed by atoms with E-state index in [1.54, 1.807) is 13.1 Å². The first-order valence-electron chi connectivity index (χ1n) is 5.76. The number of carbonyl (C=O) groups is 1. The van der Waals surface area contributed by atoms with E-state index < -0.39 is 12.2 Å². The van der Waals surface area contributed by atoms with E-state index in [1.807, 2.05) is 13.0 Å². The molecule has 0 radical (unpaired) electrons. The molecule has 2 heterocycles. The Kier molecular flexibility index (Phi) is 3.97. The van der Waals surface area contributed by atoms with E-state index in [9.17, 15) is 9.18 Å². The van der Waals surface area contributed by atoms with Gasteiger partial charge in [0, 0.05) is 30.2 Å². The average molecular weight is 316 g/mol. The Morgan fingerprint density at radius 3 is 2.89 bits per heavy atom. The number of likely N-dealkylation sites (N-methyl/N-ethyl adjacent to an activating group) is 1. The first-order valence-corrected chi connectivity index (χ1v) is 6.56. The van der Waals surface area contributed by atoms with Crippen molar-refractivity contribution in [1.29, 1.82) is 0 Å². The summed E-state index contributed by atoms with van der Waals surface area (Å²) in [5.41, 5.74) is 0.821. The van der Waals surface area contributed by atoms with E-state index >= 15 is 0 Å². The first kappa shape index (κ1) is 13.4. The molecule has 0 unspecified atom stereocenters. The highest BCUT2D eigenvalue weighted by Gasteiger charge is 2.31. The molecule has 6 heteroatoms. The zero-order chi connectivity index (χ0) is 13.3. The summed E-state index contributed by atoms with van der Waals surface area (Å²) in [4.78, 5) is 17.9. The van der Waals surface area contributed by atoms with Gasteiger partial charge in [-0.05, 0) is 19.1 Å². The molecular weight excluding hydrogens is 301 g/mol. The second kappa shape index (κ2) is 5.32. The minimum atomic E-state index is -0.940. The molecular formula is C12H15BrFN3O. The number of rotatable bonds is 2. The monoisotopic (exact) mass is 315 g/mol. The zero-order valence-corrected chi connectivity index (χ0v) is 11.9. The molecule has 98 valence electrons. The molecule has 0 spiro atoms. The maximum atomic E-state index is 13.1. The van der Waals surface area contributed by atoms with Crippen LogP contribution in [0.15, 0.2) is 16.6 Å². The molecule has 1 fully saturated rings. The van der Waals surface area contributed by atoms with Crippen molar-refractivity contribution in [2.24, 2.45) is 0 Å². The maximum absolute atomic E-state index is 13.1. The van der Waals surface area contributed by atoms with Gasteiger partial charge in [0.2, 0.25) is 5.91 Å². The van der Waals surface area contributed by atoms with Crippen LogP contribution in [-0.2, 0) is 4.79 Å². The molecule has 4 nitrogen and oxygen atoms in total. The topological polar surface area (TPSA) is 45.2 Å². The summed E-state index contributed by atoms with van der Waals surface area (Å²) in [6, 6.07) is 3.19. The third-order valence-corrected chi connectivity index (χ3v) is 3.41. The van der Waals surface area contributed by atoms with Gasteiger partial charge in [0.15, 0.2) is 0 Å². The lowest BCUT2D eigenvalue weighted by Gasteiger charge is -2.20. The lowest BCUT2D eigenvalue weighted by atomic mass is 10.2. The Bertz CT molecular complexity index is 448. The molecule has 1 amide bonds. The fourth-order valence-corrected chi connectivity index (χ4v) is 2.54.